The molecular weight excluding hydrogens is 290 g/mol. The monoisotopic (exact) mass is 311 g/mol. The molecule has 0 heterocycles. The third-order valence-electron chi connectivity index (χ3n) is 3.92. The number of hydrogen-bond acceptors (Lipinski definition) is 4. The van der Waals surface area contributed by atoms with Crippen LogP contribution in [0.25, 0.3) is 0 Å². The largest absolute Gasteiger partial charge is 0.326 e. The lowest BCUT2D eigenvalue weighted by Gasteiger charge is -2.22. The molecule has 1 aromatic carbocycles. The molecule has 7 heteroatoms. The van der Waals surface area contributed by atoms with Gasteiger partial charge in [0.2, 0.25) is 15.9 Å². The summed E-state index contributed by atoms with van der Waals surface area (Å²) in [5.41, 5.74) is 6.96. The van der Waals surface area contributed by atoms with Crippen LogP contribution in [0.15, 0.2) is 23.1 Å². The zero-order valence-corrected chi connectivity index (χ0v) is 12.9. The fraction of sp³-hybridized carbons (Fsp3) is 0.500. The normalized spacial score (nSPS) is 17.7. The zero-order valence-electron chi connectivity index (χ0n) is 12.1. The topological polar surface area (TPSA) is 115 Å². The van der Waals surface area contributed by atoms with E-state index in [0.717, 1.165) is 31.2 Å². The van der Waals surface area contributed by atoms with Crippen LogP contribution in [-0.4, -0.2) is 19.9 Å². The third kappa shape index (κ3) is 4.03. The lowest BCUT2D eigenvalue weighted by molar-refractivity contribution is -0.117. The van der Waals surface area contributed by atoms with Crippen molar-refractivity contribution in [3.8, 4) is 0 Å². The first-order valence-electron chi connectivity index (χ1n) is 6.92. The van der Waals surface area contributed by atoms with Gasteiger partial charge in [0.25, 0.3) is 0 Å². The van der Waals surface area contributed by atoms with Crippen molar-refractivity contribution in [2.45, 2.75) is 49.5 Å². The van der Waals surface area contributed by atoms with Crippen molar-refractivity contribution >= 4 is 21.6 Å². The molecule has 2 rings (SSSR count). The molecule has 0 unspecified atom stereocenters. The van der Waals surface area contributed by atoms with Gasteiger partial charge in [-0.15, -0.1) is 0 Å². The summed E-state index contributed by atoms with van der Waals surface area (Å²) < 4.78 is 22.7. The number of primary sulfonamides is 1. The summed E-state index contributed by atoms with van der Waals surface area (Å²) in [6.07, 6.45) is 4.02. The predicted octanol–water partition coefficient (Wildman–Crippen LogP) is 1.24. The van der Waals surface area contributed by atoms with Crippen LogP contribution in [0.4, 0.5) is 5.69 Å². The van der Waals surface area contributed by atoms with Crippen molar-refractivity contribution in [2.75, 3.05) is 5.32 Å². The van der Waals surface area contributed by atoms with Crippen LogP contribution in [0.2, 0.25) is 0 Å². The van der Waals surface area contributed by atoms with Crippen molar-refractivity contribution in [3.05, 3.63) is 23.8 Å². The van der Waals surface area contributed by atoms with Gasteiger partial charge >= 0.3 is 0 Å². The summed E-state index contributed by atoms with van der Waals surface area (Å²) in [6, 6.07) is 4.41. The molecule has 1 saturated carbocycles. The first kappa shape index (κ1) is 15.9. The van der Waals surface area contributed by atoms with Gasteiger partial charge in [-0.1, -0.05) is 18.9 Å². The Morgan fingerprint density at radius 2 is 1.95 bits per heavy atom. The maximum absolute atomic E-state index is 12.1. The van der Waals surface area contributed by atoms with E-state index in [9.17, 15) is 13.2 Å². The highest BCUT2D eigenvalue weighted by Gasteiger charge is 2.31. The van der Waals surface area contributed by atoms with Gasteiger partial charge < -0.3 is 11.1 Å². The number of rotatable bonds is 4. The number of aryl methyl sites for hydroxylation is 1. The van der Waals surface area contributed by atoms with Crippen molar-refractivity contribution in [3.63, 3.8) is 0 Å². The molecule has 0 atom stereocenters. The minimum absolute atomic E-state index is 0.0215. The molecular formula is C14H21N3O3S. The summed E-state index contributed by atoms with van der Waals surface area (Å²) in [7, 11) is -3.79. The Kier molecular flexibility index (Phi) is 4.36. The van der Waals surface area contributed by atoms with Crippen LogP contribution in [-0.2, 0) is 14.8 Å². The van der Waals surface area contributed by atoms with Gasteiger partial charge in [0.1, 0.15) is 0 Å². The van der Waals surface area contributed by atoms with Crippen LogP contribution in [0.1, 0.15) is 37.7 Å². The summed E-state index contributed by atoms with van der Waals surface area (Å²) in [5, 5.41) is 7.83. The van der Waals surface area contributed by atoms with E-state index in [0.29, 0.717) is 5.69 Å². The Morgan fingerprint density at radius 3 is 2.52 bits per heavy atom. The first-order chi connectivity index (χ1) is 9.70. The molecule has 1 aliphatic carbocycles. The van der Waals surface area contributed by atoms with Gasteiger partial charge in [-0.05, 0) is 37.5 Å². The van der Waals surface area contributed by atoms with Crippen LogP contribution in [0.5, 0.6) is 0 Å². The first-order valence-corrected chi connectivity index (χ1v) is 8.46. The summed E-state index contributed by atoms with van der Waals surface area (Å²) in [5.74, 6) is -0.200. The fourth-order valence-electron chi connectivity index (χ4n) is 2.68. The van der Waals surface area contributed by atoms with E-state index >= 15 is 0 Å². The molecule has 5 N–H and O–H groups in total. The number of sulfonamides is 1. The second-order valence-corrected chi connectivity index (χ2v) is 7.38. The van der Waals surface area contributed by atoms with Gasteiger partial charge in [-0.3, -0.25) is 4.79 Å². The number of anilines is 1. The Balaban J connectivity index is 2.13. The predicted molar refractivity (Wildman–Crippen MR) is 81.2 cm³/mol. The molecule has 0 aromatic heterocycles. The second kappa shape index (κ2) is 5.75. The van der Waals surface area contributed by atoms with Gasteiger partial charge in [-0.2, -0.15) is 0 Å². The lowest BCUT2D eigenvalue weighted by Crippen LogP contribution is -2.40. The second-order valence-electron chi connectivity index (χ2n) is 5.82. The molecule has 21 heavy (non-hydrogen) atoms. The molecule has 116 valence electrons. The molecule has 0 saturated heterocycles. The van der Waals surface area contributed by atoms with E-state index in [2.05, 4.69) is 5.32 Å². The number of hydrogen-bond donors (Lipinski definition) is 3. The van der Waals surface area contributed by atoms with Crippen molar-refractivity contribution in [1.82, 2.24) is 0 Å². The standard InChI is InChI=1S/C14H21N3O3S/c1-10-4-5-11(21(16,19)20)8-12(10)17-13(18)9-14(15)6-2-3-7-14/h4-5,8H,2-3,6-7,9,15H2,1H3,(H,17,18)(H2,16,19,20). The molecule has 0 bridgehead atoms. The van der Waals surface area contributed by atoms with Crippen molar-refractivity contribution < 1.29 is 13.2 Å². The average molecular weight is 311 g/mol. The van der Waals surface area contributed by atoms with Gasteiger partial charge in [0, 0.05) is 17.6 Å². The Morgan fingerprint density at radius 1 is 1.33 bits per heavy atom. The average Bonchev–Trinajstić information content (AvgIpc) is 2.77. The van der Waals surface area contributed by atoms with Crippen LogP contribution in [0.3, 0.4) is 0 Å². The lowest BCUT2D eigenvalue weighted by atomic mass is 9.94. The molecule has 1 aliphatic rings. The number of benzene rings is 1. The Labute approximate surface area is 124 Å². The molecule has 1 aromatic rings. The molecule has 0 radical (unpaired) electrons. The quantitative estimate of drug-likeness (QED) is 0.776. The van der Waals surface area contributed by atoms with E-state index in [-0.39, 0.29) is 17.2 Å². The van der Waals surface area contributed by atoms with E-state index < -0.39 is 15.6 Å². The minimum atomic E-state index is -3.79. The van der Waals surface area contributed by atoms with Gasteiger partial charge in [0.05, 0.1) is 4.90 Å². The SMILES string of the molecule is Cc1ccc(S(N)(=O)=O)cc1NC(=O)CC1(N)CCCC1. The number of amides is 1. The number of carbonyl (C=O) groups is 1. The van der Waals surface area contributed by atoms with E-state index in [1.54, 1.807) is 13.0 Å². The van der Waals surface area contributed by atoms with Crippen LogP contribution < -0.4 is 16.2 Å². The molecule has 6 nitrogen and oxygen atoms in total. The van der Waals surface area contributed by atoms with Crippen LogP contribution >= 0.6 is 0 Å². The fourth-order valence-corrected chi connectivity index (χ4v) is 3.22. The molecule has 0 aliphatic heterocycles. The summed E-state index contributed by atoms with van der Waals surface area (Å²) >= 11 is 0. The maximum atomic E-state index is 12.1. The highest BCUT2D eigenvalue weighted by Crippen LogP contribution is 2.30. The minimum Gasteiger partial charge on any atom is -0.326 e. The third-order valence-corrected chi connectivity index (χ3v) is 4.83. The Bertz CT molecular complexity index is 649. The van der Waals surface area contributed by atoms with E-state index in [4.69, 9.17) is 10.9 Å². The maximum Gasteiger partial charge on any atom is 0.238 e. The summed E-state index contributed by atoms with van der Waals surface area (Å²) in [4.78, 5) is 12.1. The van der Waals surface area contributed by atoms with Gasteiger partial charge in [-0.25, -0.2) is 13.6 Å². The van der Waals surface area contributed by atoms with Crippen LogP contribution in [0, 0.1) is 6.92 Å². The molecule has 1 fully saturated rings. The number of nitrogens with one attached hydrogen (secondary N) is 1. The number of carbonyl (C=O) groups excluding carboxylic acids is 1. The Hall–Kier alpha value is -1.44. The molecule has 1 amide bonds. The smallest absolute Gasteiger partial charge is 0.238 e. The number of nitrogens with two attached hydrogens (primary N) is 2. The van der Waals surface area contributed by atoms with E-state index in [1.165, 1.54) is 12.1 Å². The van der Waals surface area contributed by atoms with Crippen molar-refractivity contribution in [1.29, 1.82) is 0 Å². The molecule has 0 spiro atoms. The van der Waals surface area contributed by atoms with E-state index in [1.807, 2.05) is 0 Å². The van der Waals surface area contributed by atoms with Gasteiger partial charge in [0.15, 0.2) is 0 Å². The highest BCUT2D eigenvalue weighted by atomic mass is 32.2. The zero-order chi connectivity index (χ0) is 15.7. The highest BCUT2D eigenvalue weighted by molar-refractivity contribution is 7.89. The van der Waals surface area contributed by atoms with Crippen molar-refractivity contribution in [2.24, 2.45) is 10.9 Å². The summed E-state index contributed by atoms with van der Waals surface area (Å²) in [6.45, 7) is 1.79.